The summed E-state index contributed by atoms with van der Waals surface area (Å²) in [7, 11) is -3.68. The molecule has 224 valence electrons. The molecule has 4 rings (SSSR count). The molecule has 0 spiro atoms. The lowest BCUT2D eigenvalue weighted by atomic mass is 10.0. The normalized spacial score (nSPS) is 13.2. The fraction of sp³-hybridized carbons (Fsp3) is 0.355. The molecule has 3 aromatic carbocycles. The van der Waals surface area contributed by atoms with Crippen LogP contribution >= 0.6 is 0 Å². The topological polar surface area (TPSA) is 105 Å². The molecule has 1 aliphatic rings. The number of fused-ring (bicyclic) bond motifs is 1. The van der Waals surface area contributed by atoms with Gasteiger partial charge in [-0.05, 0) is 48.7 Å². The summed E-state index contributed by atoms with van der Waals surface area (Å²) in [5.74, 6) is -0.0197. The van der Waals surface area contributed by atoms with E-state index >= 15 is 0 Å². The molecular formula is C31H36FN3O6S. The van der Waals surface area contributed by atoms with Crippen molar-refractivity contribution in [2.75, 3.05) is 36.9 Å². The first-order chi connectivity index (χ1) is 20.2. The molecule has 1 N–H and O–H groups in total. The number of ether oxygens (including phenoxy) is 2. The van der Waals surface area contributed by atoms with Gasteiger partial charge in [-0.1, -0.05) is 42.5 Å². The maximum absolute atomic E-state index is 13.8. The van der Waals surface area contributed by atoms with Gasteiger partial charge in [0.25, 0.3) is 0 Å². The van der Waals surface area contributed by atoms with Crippen LogP contribution in [0.1, 0.15) is 30.9 Å². The van der Waals surface area contributed by atoms with Gasteiger partial charge in [0.05, 0.1) is 11.9 Å². The minimum absolute atomic E-state index is 0.0114. The van der Waals surface area contributed by atoms with Crippen molar-refractivity contribution < 1.29 is 31.9 Å². The molecule has 0 aromatic heterocycles. The number of carbonyl (C=O) groups is 2. The van der Waals surface area contributed by atoms with Crippen LogP contribution in [0.3, 0.4) is 0 Å². The quantitative estimate of drug-likeness (QED) is 0.320. The second kappa shape index (κ2) is 14.2. The summed E-state index contributed by atoms with van der Waals surface area (Å²) in [4.78, 5) is 28.6. The molecule has 3 aromatic rings. The Morgan fingerprint density at radius 3 is 2.31 bits per heavy atom. The number of nitrogens with one attached hydrogen (secondary N) is 1. The maximum atomic E-state index is 13.8. The van der Waals surface area contributed by atoms with E-state index in [1.807, 2.05) is 30.3 Å². The van der Waals surface area contributed by atoms with Gasteiger partial charge in [0, 0.05) is 38.5 Å². The predicted octanol–water partition coefficient (Wildman–Crippen LogP) is 3.92. The van der Waals surface area contributed by atoms with Gasteiger partial charge in [-0.25, -0.2) is 12.8 Å². The second-order valence-electron chi connectivity index (χ2n) is 10.0. The van der Waals surface area contributed by atoms with Crippen LogP contribution in [0.15, 0.2) is 72.8 Å². The van der Waals surface area contributed by atoms with E-state index in [2.05, 4.69) is 5.32 Å². The van der Waals surface area contributed by atoms with Gasteiger partial charge >= 0.3 is 0 Å². The summed E-state index contributed by atoms with van der Waals surface area (Å²) in [6.07, 6.45) is 1.58. The number of benzene rings is 3. The molecule has 1 atom stereocenters. The zero-order valence-corrected chi connectivity index (χ0v) is 24.6. The number of hydrogen-bond donors (Lipinski definition) is 1. The molecule has 0 aliphatic carbocycles. The Balaban J connectivity index is 1.55. The number of rotatable bonds is 13. The Morgan fingerprint density at radius 1 is 0.952 bits per heavy atom. The molecule has 0 bridgehead atoms. The molecule has 0 fully saturated rings. The van der Waals surface area contributed by atoms with Crippen LogP contribution in [0.4, 0.5) is 10.1 Å². The average molecular weight is 598 g/mol. The lowest BCUT2D eigenvalue weighted by Gasteiger charge is -2.32. The summed E-state index contributed by atoms with van der Waals surface area (Å²) in [6.45, 7) is 3.11. The van der Waals surface area contributed by atoms with E-state index in [1.54, 1.807) is 37.3 Å². The first-order valence-corrected chi connectivity index (χ1v) is 15.7. The van der Waals surface area contributed by atoms with Gasteiger partial charge in [-0.15, -0.1) is 0 Å². The van der Waals surface area contributed by atoms with E-state index in [9.17, 15) is 22.4 Å². The minimum Gasteiger partial charge on any atom is -0.486 e. The van der Waals surface area contributed by atoms with Crippen molar-refractivity contribution in [3.8, 4) is 11.5 Å². The number of likely N-dealkylation sites (N-methyl/N-ethyl adjacent to an activating group) is 1. The number of carbonyl (C=O) groups excluding carboxylic acids is 2. The molecule has 1 heterocycles. The van der Waals surface area contributed by atoms with Crippen molar-refractivity contribution in [1.29, 1.82) is 0 Å². The van der Waals surface area contributed by atoms with Gasteiger partial charge in [0.1, 0.15) is 25.1 Å². The molecule has 42 heavy (non-hydrogen) atoms. The van der Waals surface area contributed by atoms with Gasteiger partial charge in [0.2, 0.25) is 21.8 Å². The Kier molecular flexibility index (Phi) is 10.4. The number of amides is 2. The zero-order valence-electron chi connectivity index (χ0n) is 23.8. The predicted molar refractivity (Wildman–Crippen MR) is 158 cm³/mol. The molecule has 1 unspecified atom stereocenters. The van der Waals surface area contributed by atoms with Crippen LogP contribution in [0, 0.1) is 5.82 Å². The molecule has 0 saturated carbocycles. The third-order valence-electron chi connectivity index (χ3n) is 6.85. The summed E-state index contributed by atoms with van der Waals surface area (Å²) in [5.41, 5.74) is 1.95. The number of anilines is 1. The molecule has 1 aliphatic heterocycles. The maximum Gasteiger partial charge on any atom is 0.243 e. The molecule has 9 nitrogen and oxygen atoms in total. The molecule has 2 amide bonds. The number of nitrogens with zero attached hydrogens (tertiary/aromatic N) is 2. The zero-order chi connectivity index (χ0) is 30.1. The summed E-state index contributed by atoms with van der Waals surface area (Å²) < 4.78 is 51.5. The monoisotopic (exact) mass is 597 g/mol. The van der Waals surface area contributed by atoms with Crippen molar-refractivity contribution in [2.45, 2.75) is 38.8 Å². The lowest BCUT2D eigenvalue weighted by molar-refractivity contribution is -0.141. The highest BCUT2D eigenvalue weighted by molar-refractivity contribution is 7.92. The Bertz CT molecular complexity index is 1470. The van der Waals surface area contributed by atoms with E-state index < -0.39 is 21.9 Å². The smallest absolute Gasteiger partial charge is 0.243 e. The van der Waals surface area contributed by atoms with Crippen LogP contribution in [-0.2, 0) is 32.6 Å². The fourth-order valence-electron chi connectivity index (χ4n) is 4.82. The van der Waals surface area contributed by atoms with E-state index in [-0.39, 0.29) is 44.2 Å². The van der Waals surface area contributed by atoms with Crippen LogP contribution in [0.25, 0.3) is 0 Å². The van der Waals surface area contributed by atoms with Gasteiger partial charge < -0.3 is 19.7 Å². The van der Waals surface area contributed by atoms with Crippen LogP contribution in [0.2, 0.25) is 0 Å². The molecule has 11 heteroatoms. The highest BCUT2D eigenvalue weighted by Gasteiger charge is 2.30. The van der Waals surface area contributed by atoms with Crippen LogP contribution < -0.4 is 19.1 Å². The summed E-state index contributed by atoms with van der Waals surface area (Å²) in [5, 5.41) is 2.83. The van der Waals surface area contributed by atoms with Crippen molar-refractivity contribution in [3.05, 3.63) is 89.7 Å². The van der Waals surface area contributed by atoms with Crippen molar-refractivity contribution >= 4 is 27.5 Å². The first kappa shape index (κ1) is 30.8. The van der Waals surface area contributed by atoms with E-state index in [0.29, 0.717) is 42.5 Å². The SMILES string of the molecule is CCNC(=O)C(Cc1ccccc1)N(Cc1ccc(F)cc1)C(=O)CCCN(c1ccc2c(c1)OCCO2)S(C)(=O)=O. The second-order valence-corrected chi connectivity index (χ2v) is 11.9. The van der Waals surface area contributed by atoms with E-state index in [4.69, 9.17) is 9.47 Å². The number of hydrogen-bond acceptors (Lipinski definition) is 6. The van der Waals surface area contributed by atoms with Gasteiger partial charge in [0.15, 0.2) is 11.5 Å². The lowest BCUT2D eigenvalue weighted by Crippen LogP contribution is -2.50. The Morgan fingerprint density at radius 2 is 1.64 bits per heavy atom. The highest BCUT2D eigenvalue weighted by Crippen LogP contribution is 2.34. The van der Waals surface area contributed by atoms with E-state index in [0.717, 1.165) is 11.8 Å². The van der Waals surface area contributed by atoms with Crippen molar-refractivity contribution in [3.63, 3.8) is 0 Å². The van der Waals surface area contributed by atoms with Crippen LogP contribution in [0.5, 0.6) is 11.5 Å². The third kappa shape index (κ3) is 8.22. The third-order valence-corrected chi connectivity index (χ3v) is 8.05. The number of halogens is 1. The Labute approximate surface area is 246 Å². The van der Waals surface area contributed by atoms with Crippen LogP contribution in [-0.4, -0.2) is 63.7 Å². The van der Waals surface area contributed by atoms with Crippen molar-refractivity contribution in [2.24, 2.45) is 0 Å². The summed E-state index contributed by atoms with van der Waals surface area (Å²) >= 11 is 0. The summed E-state index contributed by atoms with van der Waals surface area (Å²) in [6, 6.07) is 19.3. The average Bonchev–Trinajstić information content (AvgIpc) is 2.97. The Hall–Kier alpha value is -4.12. The molecule has 0 radical (unpaired) electrons. The fourth-order valence-corrected chi connectivity index (χ4v) is 5.78. The molecular weight excluding hydrogens is 561 g/mol. The van der Waals surface area contributed by atoms with E-state index in [1.165, 1.54) is 21.3 Å². The van der Waals surface area contributed by atoms with Crippen molar-refractivity contribution in [1.82, 2.24) is 10.2 Å². The number of sulfonamides is 1. The largest absolute Gasteiger partial charge is 0.486 e. The minimum atomic E-state index is -3.68. The first-order valence-electron chi connectivity index (χ1n) is 13.9. The van der Waals surface area contributed by atoms with Gasteiger partial charge in [-0.3, -0.25) is 13.9 Å². The standard InChI is InChI=1S/C31H36FN3O6S/c1-3-33-31(37)27(20-23-8-5-4-6-9-23)34(22-24-11-13-25(32)14-12-24)30(36)10-7-17-35(42(2,38)39)26-15-16-28-29(21-26)41-19-18-40-28/h4-6,8-9,11-16,21,27H,3,7,10,17-20,22H2,1-2H3,(H,33,37). The molecule has 0 saturated heterocycles. The highest BCUT2D eigenvalue weighted by atomic mass is 32.2. The van der Waals surface area contributed by atoms with Gasteiger partial charge in [-0.2, -0.15) is 0 Å².